The first-order chi connectivity index (χ1) is 14.3. The predicted octanol–water partition coefficient (Wildman–Crippen LogP) is 4.62. The maximum absolute atomic E-state index is 10.9. The number of ether oxygens (including phenoxy) is 5. The Balaban J connectivity index is 2.98. The van der Waals surface area contributed by atoms with E-state index in [2.05, 4.69) is 20.8 Å². The molecule has 1 rings (SSSR count). The van der Waals surface area contributed by atoms with Crippen LogP contribution in [0.1, 0.15) is 59.3 Å². The predicted molar refractivity (Wildman–Crippen MR) is 119 cm³/mol. The van der Waals surface area contributed by atoms with Crippen molar-refractivity contribution in [1.82, 2.24) is 0 Å². The zero-order valence-corrected chi connectivity index (χ0v) is 20.3. The molecule has 1 fully saturated rings. The molecule has 0 aromatic heterocycles. The highest BCUT2D eigenvalue weighted by Gasteiger charge is 2.49. The first-order valence-electron chi connectivity index (χ1n) is 10.7. The maximum atomic E-state index is 10.9. The second kappa shape index (κ2) is 15.1. The summed E-state index contributed by atoms with van der Waals surface area (Å²) >= 11 is 17.2. The first kappa shape index (κ1) is 28.2. The smallest absolute Gasteiger partial charge is 0.265 e. The zero-order valence-electron chi connectivity index (χ0n) is 18.1. The van der Waals surface area contributed by atoms with Gasteiger partial charge in [0, 0.05) is 19.8 Å². The molecule has 1 saturated heterocycles. The molecule has 7 nitrogen and oxygen atoms in total. The molecular weight excluding hydrogens is 457 g/mol. The van der Waals surface area contributed by atoms with Crippen LogP contribution in [0.3, 0.4) is 0 Å². The Morgan fingerprint density at radius 3 is 2.00 bits per heavy atom. The summed E-state index contributed by atoms with van der Waals surface area (Å²) in [4.78, 5) is 0. The van der Waals surface area contributed by atoms with Gasteiger partial charge in [0.05, 0.1) is 6.61 Å². The Morgan fingerprint density at radius 1 is 0.933 bits per heavy atom. The van der Waals surface area contributed by atoms with Gasteiger partial charge in [0.15, 0.2) is 0 Å². The van der Waals surface area contributed by atoms with E-state index < -0.39 is 40.4 Å². The topological polar surface area (TPSA) is 90.2 Å². The molecule has 0 radical (unpaired) electrons. The summed E-state index contributed by atoms with van der Waals surface area (Å²) in [6.07, 6.45) is 1.24. The lowest BCUT2D eigenvalue weighted by Gasteiger charge is -2.44. The molecule has 0 spiro atoms. The largest absolute Gasteiger partial charge is 0.445 e. The molecule has 10 heteroatoms. The number of nitrogens with one attached hydrogen (secondary N) is 1. The Bertz CT molecular complexity index is 480. The van der Waals surface area contributed by atoms with Crippen molar-refractivity contribution < 1.29 is 28.8 Å². The van der Waals surface area contributed by atoms with Gasteiger partial charge in [-0.05, 0) is 19.3 Å². The lowest BCUT2D eigenvalue weighted by Crippen LogP contribution is -2.61. The highest BCUT2D eigenvalue weighted by Crippen LogP contribution is 2.32. The van der Waals surface area contributed by atoms with Crippen LogP contribution in [0.15, 0.2) is 0 Å². The molecule has 30 heavy (non-hydrogen) atoms. The van der Waals surface area contributed by atoms with Crippen molar-refractivity contribution in [2.75, 3.05) is 26.4 Å². The fourth-order valence-electron chi connectivity index (χ4n) is 2.87. The average molecular weight is 493 g/mol. The maximum Gasteiger partial charge on any atom is 0.265 e. The third-order valence-electron chi connectivity index (χ3n) is 4.65. The molecule has 1 aliphatic rings. The van der Waals surface area contributed by atoms with Crippen LogP contribution in [0, 0.1) is 5.41 Å². The van der Waals surface area contributed by atoms with E-state index in [1.807, 2.05) is 0 Å². The summed E-state index contributed by atoms with van der Waals surface area (Å²) in [6, 6.07) is 0. The van der Waals surface area contributed by atoms with E-state index in [9.17, 15) is 5.11 Å². The summed E-state index contributed by atoms with van der Waals surface area (Å²) in [5.41, 5.74) is 0. The van der Waals surface area contributed by atoms with E-state index >= 15 is 0 Å². The van der Waals surface area contributed by atoms with Crippen molar-refractivity contribution in [3.63, 3.8) is 0 Å². The van der Waals surface area contributed by atoms with Gasteiger partial charge in [-0.1, -0.05) is 74.8 Å². The number of aliphatic hydroxyl groups is 1. The van der Waals surface area contributed by atoms with Crippen molar-refractivity contribution >= 4 is 40.7 Å². The van der Waals surface area contributed by atoms with Gasteiger partial charge in [-0.2, -0.15) is 0 Å². The van der Waals surface area contributed by atoms with E-state index in [-0.39, 0.29) is 6.61 Å². The van der Waals surface area contributed by atoms with Crippen LogP contribution >= 0.6 is 34.8 Å². The van der Waals surface area contributed by atoms with Crippen molar-refractivity contribution in [3.8, 4) is 0 Å². The highest BCUT2D eigenvalue weighted by molar-refractivity contribution is 6.76. The van der Waals surface area contributed by atoms with Gasteiger partial charge >= 0.3 is 0 Å². The van der Waals surface area contributed by atoms with Crippen LogP contribution in [0.2, 0.25) is 0 Å². The average Bonchev–Trinajstić information content (AvgIpc) is 2.69. The quantitative estimate of drug-likeness (QED) is 0.159. The van der Waals surface area contributed by atoms with Crippen molar-refractivity contribution in [1.29, 1.82) is 5.41 Å². The number of unbranched alkanes of at least 4 members (excludes halogenated alkanes) is 3. The van der Waals surface area contributed by atoms with E-state index in [4.69, 9.17) is 63.9 Å². The Hall–Kier alpha value is 0.140. The summed E-state index contributed by atoms with van der Waals surface area (Å²) in [6.45, 7) is 7.97. The molecule has 0 aromatic carbocycles. The number of aliphatic hydroxyl groups excluding tert-OH is 1. The van der Waals surface area contributed by atoms with Gasteiger partial charge in [-0.3, -0.25) is 5.41 Å². The lowest BCUT2D eigenvalue weighted by molar-refractivity contribution is -0.299. The molecular formula is C20H36Cl3NO6. The standard InChI is InChI=1S/C20H36Cl3NO6/c1-4-7-10-26-13-14-16(27-11-8-5-2)17(28-12-9-6-3)15(25)18(29-14)30-19(24)20(21,22)23/h14-18,24-25H,4-13H2,1-3H3. The molecule has 2 N–H and O–H groups in total. The molecule has 0 saturated carbocycles. The molecule has 178 valence electrons. The monoisotopic (exact) mass is 491 g/mol. The summed E-state index contributed by atoms with van der Waals surface area (Å²) < 4.78 is 27.0. The molecule has 0 amide bonds. The Kier molecular flexibility index (Phi) is 14.1. The van der Waals surface area contributed by atoms with Gasteiger partial charge in [0.2, 0.25) is 12.2 Å². The van der Waals surface area contributed by atoms with Crippen LogP contribution in [0.5, 0.6) is 0 Å². The number of hydrogen-bond donors (Lipinski definition) is 2. The number of halogens is 3. The van der Waals surface area contributed by atoms with Crippen LogP contribution in [-0.2, 0) is 23.7 Å². The highest BCUT2D eigenvalue weighted by atomic mass is 35.6. The first-order valence-corrected chi connectivity index (χ1v) is 11.9. The molecule has 0 aromatic rings. The number of alkyl halides is 3. The minimum absolute atomic E-state index is 0.234. The minimum atomic E-state index is -2.07. The van der Waals surface area contributed by atoms with Crippen molar-refractivity contribution in [3.05, 3.63) is 0 Å². The van der Waals surface area contributed by atoms with Crippen LogP contribution < -0.4 is 0 Å². The molecule has 0 bridgehead atoms. The molecule has 1 aliphatic heterocycles. The Morgan fingerprint density at radius 2 is 1.47 bits per heavy atom. The Labute approximate surface area is 195 Å². The van der Waals surface area contributed by atoms with E-state index in [1.54, 1.807) is 0 Å². The van der Waals surface area contributed by atoms with E-state index in [1.165, 1.54) is 0 Å². The third kappa shape index (κ3) is 9.74. The summed E-state index contributed by atoms with van der Waals surface area (Å²) in [7, 11) is 0. The number of hydrogen-bond acceptors (Lipinski definition) is 7. The van der Waals surface area contributed by atoms with Gasteiger partial charge < -0.3 is 28.8 Å². The molecule has 5 unspecified atom stereocenters. The van der Waals surface area contributed by atoms with Crippen molar-refractivity contribution in [2.24, 2.45) is 0 Å². The fourth-order valence-corrected chi connectivity index (χ4v) is 3.01. The molecule has 5 atom stereocenters. The minimum Gasteiger partial charge on any atom is -0.445 e. The van der Waals surface area contributed by atoms with Gasteiger partial charge in [0.25, 0.3) is 3.79 Å². The van der Waals surface area contributed by atoms with Crippen molar-refractivity contribution in [2.45, 2.75) is 93.8 Å². The fraction of sp³-hybridized carbons (Fsp3) is 0.950. The summed E-state index contributed by atoms with van der Waals surface area (Å²) in [5, 5.41) is 18.7. The second-order valence-electron chi connectivity index (χ2n) is 7.28. The summed E-state index contributed by atoms with van der Waals surface area (Å²) in [5.74, 6) is -0.639. The molecule has 1 heterocycles. The molecule has 0 aliphatic carbocycles. The third-order valence-corrected chi connectivity index (χ3v) is 5.16. The SMILES string of the molecule is CCCCOCC1OC(OC(=N)C(Cl)(Cl)Cl)C(O)C(OCCCC)C1OCCCC. The van der Waals surface area contributed by atoms with E-state index in [0.717, 1.165) is 38.5 Å². The zero-order chi connectivity index (χ0) is 22.6. The van der Waals surface area contributed by atoms with Gasteiger partial charge in [-0.15, -0.1) is 0 Å². The van der Waals surface area contributed by atoms with Gasteiger partial charge in [0.1, 0.15) is 24.4 Å². The van der Waals surface area contributed by atoms with Gasteiger partial charge in [-0.25, -0.2) is 0 Å². The second-order valence-corrected chi connectivity index (χ2v) is 9.57. The van der Waals surface area contributed by atoms with E-state index in [0.29, 0.717) is 19.8 Å². The van der Waals surface area contributed by atoms with Crippen LogP contribution in [0.4, 0.5) is 0 Å². The normalized spacial score (nSPS) is 27.2. The van der Waals surface area contributed by atoms with Crippen LogP contribution in [-0.4, -0.2) is 71.9 Å². The lowest BCUT2D eigenvalue weighted by atomic mass is 9.98. The van der Waals surface area contributed by atoms with Crippen LogP contribution in [0.25, 0.3) is 0 Å². The number of rotatable bonds is 14.